The molecule has 2 nitrogen and oxygen atoms in total. The normalized spacial score (nSPS) is 48.9. The molecule has 0 aromatic heterocycles. The Bertz CT molecular complexity index is 636. The van der Waals surface area contributed by atoms with Crippen molar-refractivity contribution in [2.45, 2.75) is 117 Å². The van der Waals surface area contributed by atoms with Crippen LogP contribution in [0.25, 0.3) is 0 Å². The summed E-state index contributed by atoms with van der Waals surface area (Å²) in [5.41, 5.74) is 1.93. The molecule has 3 fully saturated rings. The number of hydrogen-bond acceptors (Lipinski definition) is 2. The van der Waals surface area contributed by atoms with E-state index in [1.54, 1.807) is 5.57 Å². The minimum atomic E-state index is -0.488. The van der Waals surface area contributed by atoms with Gasteiger partial charge in [0.1, 0.15) is 0 Å². The van der Waals surface area contributed by atoms with Crippen molar-refractivity contribution in [3.8, 4) is 0 Å². The van der Waals surface area contributed by atoms with E-state index in [2.05, 4.69) is 33.8 Å². The quantitative estimate of drug-likeness (QED) is 0.515. The van der Waals surface area contributed by atoms with Crippen molar-refractivity contribution in [3.63, 3.8) is 0 Å². The predicted octanol–water partition coefficient (Wildman–Crippen LogP) is 6.50. The van der Waals surface area contributed by atoms with Crippen LogP contribution in [0.3, 0.4) is 0 Å². The summed E-state index contributed by atoms with van der Waals surface area (Å²) in [5.74, 6) is 4.12. The molecule has 0 aliphatic heterocycles. The Morgan fingerprint density at radius 1 is 1.03 bits per heavy atom. The molecule has 0 aromatic rings. The molecule has 0 amide bonds. The minimum absolute atomic E-state index is 0.108. The van der Waals surface area contributed by atoms with Gasteiger partial charge < -0.3 is 10.2 Å². The molecule has 3 saturated carbocycles. The highest BCUT2D eigenvalue weighted by Gasteiger charge is 2.59. The van der Waals surface area contributed by atoms with Crippen LogP contribution in [0.5, 0.6) is 0 Å². The van der Waals surface area contributed by atoms with Crippen LogP contribution >= 0.6 is 0 Å². The molecule has 1 unspecified atom stereocenters. The second kappa shape index (κ2) is 7.66. The van der Waals surface area contributed by atoms with E-state index in [1.807, 2.05) is 6.92 Å². The Labute approximate surface area is 179 Å². The third-order valence-electron chi connectivity index (χ3n) is 10.6. The molecule has 4 rings (SSSR count). The van der Waals surface area contributed by atoms with Gasteiger partial charge in [0.2, 0.25) is 0 Å². The molecule has 2 heteroatoms. The molecular weight excluding hydrogens is 356 g/mol. The van der Waals surface area contributed by atoms with Gasteiger partial charge in [0.25, 0.3) is 0 Å². The third kappa shape index (κ3) is 3.65. The van der Waals surface area contributed by atoms with Gasteiger partial charge in [-0.25, -0.2) is 0 Å². The second-order valence-electron chi connectivity index (χ2n) is 12.3. The van der Waals surface area contributed by atoms with Crippen LogP contribution in [0.2, 0.25) is 0 Å². The first-order valence-electron chi connectivity index (χ1n) is 12.7. The van der Waals surface area contributed by atoms with Crippen LogP contribution in [0.15, 0.2) is 11.6 Å². The molecule has 29 heavy (non-hydrogen) atoms. The van der Waals surface area contributed by atoms with Gasteiger partial charge >= 0.3 is 0 Å². The molecule has 0 heterocycles. The molecule has 0 bridgehead atoms. The number of allylic oxidation sites excluding steroid dienone is 1. The summed E-state index contributed by atoms with van der Waals surface area (Å²) in [7, 11) is 0. The molecule has 2 N–H and O–H groups in total. The average molecular weight is 403 g/mol. The Morgan fingerprint density at radius 2 is 1.79 bits per heavy atom. The molecule has 4 aliphatic rings. The van der Waals surface area contributed by atoms with E-state index in [0.717, 1.165) is 55.3 Å². The van der Waals surface area contributed by atoms with Crippen LogP contribution in [0.1, 0.15) is 105 Å². The number of rotatable bonds is 5. The Kier molecular flexibility index (Phi) is 5.78. The summed E-state index contributed by atoms with van der Waals surface area (Å²) in [4.78, 5) is 0. The van der Waals surface area contributed by atoms with Gasteiger partial charge in [0.05, 0.1) is 11.7 Å². The van der Waals surface area contributed by atoms with Crippen LogP contribution < -0.4 is 0 Å². The number of aliphatic hydroxyl groups excluding tert-OH is 1. The molecule has 0 radical (unpaired) electrons. The van der Waals surface area contributed by atoms with Crippen LogP contribution in [0, 0.1) is 40.4 Å². The zero-order chi connectivity index (χ0) is 21.0. The molecule has 0 spiro atoms. The molecular formula is C27H46O2. The van der Waals surface area contributed by atoms with Gasteiger partial charge in [-0.05, 0) is 118 Å². The Morgan fingerprint density at radius 3 is 2.52 bits per heavy atom. The molecule has 4 aliphatic carbocycles. The van der Waals surface area contributed by atoms with E-state index >= 15 is 0 Å². The summed E-state index contributed by atoms with van der Waals surface area (Å²) in [5, 5.41) is 20.7. The summed E-state index contributed by atoms with van der Waals surface area (Å²) < 4.78 is 0. The maximum absolute atomic E-state index is 10.7. The second-order valence-corrected chi connectivity index (χ2v) is 12.3. The highest BCUT2D eigenvalue weighted by Crippen LogP contribution is 2.67. The summed E-state index contributed by atoms with van der Waals surface area (Å²) >= 11 is 0. The first kappa shape index (κ1) is 21.9. The third-order valence-corrected chi connectivity index (χ3v) is 10.6. The lowest BCUT2D eigenvalue weighted by Crippen LogP contribution is -2.52. The van der Waals surface area contributed by atoms with Gasteiger partial charge in [0, 0.05) is 0 Å². The van der Waals surface area contributed by atoms with E-state index in [0.29, 0.717) is 10.8 Å². The average Bonchev–Trinajstić information content (AvgIpc) is 3.03. The van der Waals surface area contributed by atoms with Crippen molar-refractivity contribution >= 4 is 0 Å². The smallest absolute Gasteiger partial charge is 0.0657 e. The SMILES string of the molecule is CC[C@H](O)CC[C@@H](C)[C@H]1CC[C@H]2C3CC=C4C[C@@](C)(O)CC[C@]4(C)[C@H]3CC[C@]12C. The highest BCUT2D eigenvalue weighted by atomic mass is 16.3. The van der Waals surface area contributed by atoms with E-state index in [4.69, 9.17) is 0 Å². The van der Waals surface area contributed by atoms with Crippen molar-refractivity contribution in [2.24, 2.45) is 40.4 Å². The summed E-state index contributed by atoms with van der Waals surface area (Å²) in [6, 6.07) is 0. The Balaban J connectivity index is 1.51. The van der Waals surface area contributed by atoms with Crippen molar-refractivity contribution in [1.29, 1.82) is 0 Å². The predicted molar refractivity (Wildman–Crippen MR) is 121 cm³/mol. The lowest BCUT2D eigenvalue weighted by atomic mass is 9.46. The van der Waals surface area contributed by atoms with E-state index < -0.39 is 5.60 Å². The lowest BCUT2D eigenvalue weighted by molar-refractivity contribution is -0.0708. The van der Waals surface area contributed by atoms with Crippen LogP contribution in [-0.4, -0.2) is 21.9 Å². The summed E-state index contributed by atoms with van der Waals surface area (Å²) in [6.45, 7) is 11.8. The first-order valence-corrected chi connectivity index (χ1v) is 12.7. The van der Waals surface area contributed by atoms with Gasteiger partial charge in [-0.3, -0.25) is 0 Å². The molecule has 9 atom stereocenters. The lowest BCUT2D eigenvalue weighted by Gasteiger charge is -2.59. The number of fused-ring (bicyclic) bond motifs is 5. The highest BCUT2D eigenvalue weighted by molar-refractivity contribution is 5.26. The maximum Gasteiger partial charge on any atom is 0.0657 e. The van der Waals surface area contributed by atoms with Crippen molar-refractivity contribution in [3.05, 3.63) is 11.6 Å². The minimum Gasteiger partial charge on any atom is -0.393 e. The maximum atomic E-state index is 10.7. The fourth-order valence-corrected chi connectivity index (χ4v) is 8.64. The summed E-state index contributed by atoms with van der Waals surface area (Å²) in [6.07, 6.45) is 15.4. The van der Waals surface area contributed by atoms with Crippen LogP contribution in [0.4, 0.5) is 0 Å². The van der Waals surface area contributed by atoms with Gasteiger partial charge in [-0.2, -0.15) is 0 Å². The largest absolute Gasteiger partial charge is 0.393 e. The van der Waals surface area contributed by atoms with Crippen molar-refractivity contribution in [1.82, 2.24) is 0 Å². The molecule has 166 valence electrons. The van der Waals surface area contributed by atoms with Gasteiger partial charge in [0.15, 0.2) is 0 Å². The first-order chi connectivity index (χ1) is 13.6. The number of hydrogen-bond donors (Lipinski definition) is 2. The van der Waals surface area contributed by atoms with Crippen molar-refractivity contribution in [2.75, 3.05) is 0 Å². The Hall–Kier alpha value is -0.340. The van der Waals surface area contributed by atoms with E-state index in [1.165, 1.54) is 44.9 Å². The monoisotopic (exact) mass is 402 g/mol. The van der Waals surface area contributed by atoms with E-state index in [9.17, 15) is 10.2 Å². The topological polar surface area (TPSA) is 40.5 Å². The van der Waals surface area contributed by atoms with Gasteiger partial charge in [-0.15, -0.1) is 0 Å². The molecule has 0 saturated heterocycles. The van der Waals surface area contributed by atoms with Gasteiger partial charge in [-0.1, -0.05) is 39.3 Å². The van der Waals surface area contributed by atoms with E-state index in [-0.39, 0.29) is 6.10 Å². The fraction of sp³-hybridized carbons (Fsp3) is 0.926. The van der Waals surface area contributed by atoms with Crippen molar-refractivity contribution < 1.29 is 10.2 Å². The molecule has 0 aromatic carbocycles. The zero-order valence-electron chi connectivity index (χ0n) is 19.7. The van der Waals surface area contributed by atoms with Crippen LogP contribution in [-0.2, 0) is 0 Å². The zero-order valence-corrected chi connectivity index (χ0v) is 19.7. The standard InChI is InChI=1S/C27H46O2/c1-6-20(28)9-7-18(2)22-11-12-23-21-10-8-19-17-25(3,29)15-16-26(19,4)24(21)13-14-27(22,23)5/h8,18,20-24,28-29H,6-7,9-17H2,1-5H3/t18-,20+,21?,22-,23+,24+,25+,26+,27-/m1/s1. The number of aliphatic hydroxyl groups is 2. The fourth-order valence-electron chi connectivity index (χ4n) is 8.64.